The molecule has 1 amide bonds. The van der Waals surface area contributed by atoms with Crippen LogP contribution in [0.15, 0.2) is 18.2 Å². The first-order valence-electron chi connectivity index (χ1n) is 5.71. The second-order valence-corrected chi connectivity index (χ2v) is 4.36. The number of amides is 1. The van der Waals surface area contributed by atoms with Crippen molar-refractivity contribution in [2.24, 2.45) is 5.92 Å². The maximum Gasteiger partial charge on any atom is 0.251 e. The molecule has 0 aliphatic heterocycles. The lowest BCUT2D eigenvalue weighted by molar-refractivity contribution is 0.0605. The van der Waals surface area contributed by atoms with Gasteiger partial charge in [-0.1, -0.05) is 13.8 Å². The van der Waals surface area contributed by atoms with Crippen LogP contribution in [-0.4, -0.2) is 25.7 Å². The molecule has 1 aromatic carbocycles. The van der Waals surface area contributed by atoms with Crippen molar-refractivity contribution in [1.82, 2.24) is 5.32 Å². The third-order valence-electron chi connectivity index (χ3n) is 2.69. The van der Waals surface area contributed by atoms with Crippen LogP contribution in [0.4, 0.5) is 8.78 Å². The van der Waals surface area contributed by atoms with Crippen molar-refractivity contribution in [3.63, 3.8) is 0 Å². The second kappa shape index (κ2) is 6.44. The summed E-state index contributed by atoms with van der Waals surface area (Å²) in [5, 5.41) is 2.62. The Balaban J connectivity index is 2.62. The summed E-state index contributed by atoms with van der Waals surface area (Å²) in [5.41, 5.74) is 0.0903. The van der Waals surface area contributed by atoms with E-state index in [-0.39, 0.29) is 17.6 Å². The van der Waals surface area contributed by atoms with E-state index in [4.69, 9.17) is 4.74 Å². The van der Waals surface area contributed by atoms with E-state index in [1.807, 2.05) is 13.8 Å². The molecule has 1 atom stereocenters. The molecule has 0 aliphatic carbocycles. The van der Waals surface area contributed by atoms with Crippen molar-refractivity contribution in [3.05, 3.63) is 35.4 Å². The van der Waals surface area contributed by atoms with E-state index in [0.29, 0.717) is 6.54 Å². The van der Waals surface area contributed by atoms with Crippen molar-refractivity contribution in [3.8, 4) is 0 Å². The molecule has 1 N–H and O–H groups in total. The molecule has 0 radical (unpaired) electrons. The minimum Gasteiger partial charge on any atom is -0.379 e. The maximum atomic E-state index is 13.0. The predicted octanol–water partition coefficient (Wildman–Crippen LogP) is 2.37. The van der Waals surface area contributed by atoms with Gasteiger partial charge in [-0.2, -0.15) is 0 Å². The van der Waals surface area contributed by atoms with Crippen LogP contribution >= 0.6 is 0 Å². The van der Waals surface area contributed by atoms with E-state index in [1.165, 1.54) is 6.07 Å². The highest BCUT2D eigenvalue weighted by Crippen LogP contribution is 2.09. The number of hydrogen-bond acceptors (Lipinski definition) is 2. The number of carbonyl (C=O) groups is 1. The van der Waals surface area contributed by atoms with E-state index in [1.54, 1.807) is 7.11 Å². The second-order valence-electron chi connectivity index (χ2n) is 4.36. The first-order valence-corrected chi connectivity index (χ1v) is 5.71. The monoisotopic (exact) mass is 257 g/mol. The van der Waals surface area contributed by atoms with Gasteiger partial charge in [0.2, 0.25) is 0 Å². The molecule has 3 nitrogen and oxygen atoms in total. The fourth-order valence-corrected chi connectivity index (χ4v) is 1.52. The molecule has 0 spiro atoms. The van der Waals surface area contributed by atoms with Gasteiger partial charge >= 0.3 is 0 Å². The quantitative estimate of drug-likeness (QED) is 0.879. The topological polar surface area (TPSA) is 38.3 Å². The normalized spacial score (nSPS) is 12.6. The zero-order valence-corrected chi connectivity index (χ0v) is 10.7. The molecule has 1 aromatic rings. The first-order chi connectivity index (χ1) is 8.45. The predicted molar refractivity (Wildman–Crippen MR) is 64.3 cm³/mol. The number of halogens is 2. The summed E-state index contributed by atoms with van der Waals surface area (Å²) >= 11 is 0. The number of carbonyl (C=O) groups excluding carboxylic acids is 1. The van der Waals surface area contributed by atoms with Crippen LogP contribution in [0.25, 0.3) is 0 Å². The summed E-state index contributed by atoms with van der Waals surface area (Å²) in [7, 11) is 1.56. The Morgan fingerprint density at radius 2 is 2.00 bits per heavy atom. The molecule has 1 rings (SSSR count). The largest absolute Gasteiger partial charge is 0.379 e. The summed E-state index contributed by atoms with van der Waals surface area (Å²) in [6.45, 7) is 4.27. The van der Waals surface area contributed by atoms with Gasteiger partial charge in [-0.05, 0) is 24.1 Å². The Bertz CT molecular complexity index is 421. The number of ether oxygens (including phenoxy) is 1. The maximum absolute atomic E-state index is 13.0. The van der Waals surface area contributed by atoms with Gasteiger partial charge in [0, 0.05) is 19.2 Å². The highest BCUT2D eigenvalue weighted by molar-refractivity contribution is 5.94. The van der Waals surface area contributed by atoms with Crippen molar-refractivity contribution in [1.29, 1.82) is 0 Å². The molecule has 100 valence electrons. The van der Waals surface area contributed by atoms with Crippen molar-refractivity contribution in [2.45, 2.75) is 20.0 Å². The van der Waals surface area contributed by atoms with Crippen LogP contribution in [0.3, 0.4) is 0 Å². The lowest BCUT2D eigenvalue weighted by atomic mass is 10.1. The SMILES string of the molecule is CO[C@H](CNC(=O)c1ccc(F)c(F)c1)C(C)C. The van der Waals surface area contributed by atoms with Crippen molar-refractivity contribution < 1.29 is 18.3 Å². The molecule has 0 fully saturated rings. The minimum atomic E-state index is -1.03. The van der Waals surface area contributed by atoms with E-state index in [0.717, 1.165) is 12.1 Å². The van der Waals surface area contributed by atoms with Crippen LogP contribution in [0.2, 0.25) is 0 Å². The lowest BCUT2D eigenvalue weighted by Gasteiger charge is -2.19. The molecule has 0 bridgehead atoms. The molecule has 0 aromatic heterocycles. The molecule has 5 heteroatoms. The summed E-state index contributed by atoms with van der Waals surface area (Å²) < 4.78 is 30.9. The third kappa shape index (κ3) is 3.77. The van der Waals surface area contributed by atoms with Gasteiger partial charge in [-0.15, -0.1) is 0 Å². The number of benzene rings is 1. The Morgan fingerprint density at radius 1 is 1.33 bits per heavy atom. The summed E-state index contributed by atoms with van der Waals surface area (Å²) in [5.74, 6) is -2.20. The number of hydrogen-bond donors (Lipinski definition) is 1. The fourth-order valence-electron chi connectivity index (χ4n) is 1.52. The van der Waals surface area contributed by atoms with E-state index < -0.39 is 17.5 Å². The smallest absolute Gasteiger partial charge is 0.251 e. The molecule has 0 unspecified atom stereocenters. The average Bonchev–Trinajstić information content (AvgIpc) is 2.32. The van der Waals surface area contributed by atoms with E-state index in [9.17, 15) is 13.6 Å². The van der Waals surface area contributed by atoms with Gasteiger partial charge in [0.15, 0.2) is 11.6 Å². The number of methoxy groups -OCH3 is 1. The summed E-state index contributed by atoms with van der Waals surface area (Å²) in [6, 6.07) is 3.05. The number of nitrogens with one attached hydrogen (secondary N) is 1. The van der Waals surface area contributed by atoms with E-state index in [2.05, 4.69) is 5.32 Å². The molecule has 18 heavy (non-hydrogen) atoms. The zero-order chi connectivity index (χ0) is 13.7. The van der Waals surface area contributed by atoms with Crippen LogP contribution in [0.1, 0.15) is 24.2 Å². The van der Waals surface area contributed by atoms with Crippen molar-refractivity contribution in [2.75, 3.05) is 13.7 Å². The van der Waals surface area contributed by atoms with Gasteiger partial charge in [0.1, 0.15) is 0 Å². The van der Waals surface area contributed by atoms with Gasteiger partial charge in [0.25, 0.3) is 5.91 Å². The van der Waals surface area contributed by atoms with Gasteiger partial charge in [0.05, 0.1) is 6.10 Å². The molecule has 0 saturated carbocycles. The fraction of sp³-hybridized carbons (Fsp3) is 0.462. The van der Waals surface area contributed by atoms with Crippen LogP contribution in [0, 0.1) is 17.6 Å². The molecular weight excluding hydrogens is 240 g/mol. The van der Waals surface area contributed by atoms with Gasteiger partial charge in [-0.25, -0.2) is 8.78 Å². The summed E-state index contributed by atoms with van der Waals surface area (Å²) in [4.78, 5) is 11.7. The van der Waals surface area contributed by atoms with Crippen LogP contribution < -0.4 is 5.32 Å². The Labute approximate surface area is 105 Å². The van der Waals surface area contributed by atoms with E-state index >= 15 is 0 Å². The standard InChI is InChI=1S/C13H17F2NO2/c1-8(2)12(18-3)7-16-13(17)9-4-5-10(14)11(15)6-9/h4-6,8,12H,7H2,1-3H3,(H,16,17)/t12-/m1/s1. The highest BCUT2D eigenvalue weighted by Gasteiger charge is 2.15. The van der Waals surface area contributed by atoms with Crippen molar-refractivity contribution >= 4 is 5.91 Å². The zero-order valence-electron chi connectivity index (χ0n) is 10.7. The molecule has 0 heterocycles. The average molecular weight is 257 g/mol. The third-order valence-corrected chi connectivity index (χ3v) is 2.69. The van der Waals surface area contributed by atoms with Crippen LogP contribution in [-0.2, 0) is 4.74 Å². The van der Waals surface area contributed by atoms with Gasteiger partial charge < -0.3 is 10.1 Å². The highest BCUT2D eigenvalue weighted by atomic mass is 19.2. The Morgan fingerprint density at radius 3 is 2.50 bits per heavy atom. The van der Waals surface area contributed by atoms with Gasteiger partial charge in [-0.3, -0.25) is 4.79 Å². The number of rotatable bonds is 5. The minimum absolute atomic E-state index is 0.0903. The molecule has 0 saturated heterocycles. The lowest BCUT2D eigenvalue weighted by Crippen LogP contribution is -2.36. The summed E-state index contributed by atoms with van der Waals surface area (Å²) in [6.07, 6.45) is -0.112. The molecular formula is C13H17F2NO2. The van der Waals surface area contributed by atoms with Crippen LogP contribution in [0.5, 0.6) is 0 Å². The Hall–Kier alpha value is -1.49. The molecule has 0 aliphatic rings. The first kappa shape index (κ1) is 14.6. The Kier molecular flexibility index (Phi) is 5.22.